The molecule has 210 valence electrons. The van der Waals surface area contributed by atoms with E-state index in [1.54, 1.807) is 18.5 Å². The van der Waals surface area contributed by atoms with Crippen LogP contribution >= 0.6 is 0 Å². The first-order chi connectivity index (χ1) is 19.8. The van der Waals surface area contributed by atoms with Crippen molar-refractivity contribution in [2.75, 3.05) is 16.4 Å². The van der Waals surface area contributed by atoms with Gasteiger partial charge >= 0.3 is 0 Å². The van der Waals surface area contributed by atoms with Gasteiger partial charge in [-0.2, -0.15) is 9.19 Å². The second kappa shape index (κ2) is 11.2. The average molecular weight is 571 g/mol. The number of benzene rings is 1. The van der Waals surface area contributed by atoms with Crippen LogP contribution in [0.25, 0.3) is 11.4 Å². The Morgan fingerprint density at radius 1 is 1.02 bits per heavy atom. The van der Waals surface area contributed by atoms with Crippen LogP contribution in [0.3, 0.4) is 0 Å². The second-order valence-electron chi connectivity index (χ2n) is 10.4. The highest BCUT2D eigenvalue weighted by Gasteiger charge is 2.37. The molecule has 2 saturated carbocycles. The number of hydrogen-bond acceptors (Lipinski definition) is 10. The normalized spacial score (nSPS) is 18.8. The van der Waals surface area contributed by atoms with Crippen LogP contribution in [0.4, 0.5) is 23.0 Å². The fourth-order valence-corrected chi connectivity index (χ4v) is 6.27. The number of hydrogen-bond donors (Lipinski definition) is 4. The molecule has 2 aliphatic carbocycles. The summed E-state index contributed by atoms with van der Waals surface area (Å²) in [5.74, 6) is 7.72. The summed E-state index contributed by atoms with van der Waals surface area (Å²) < 4.78 is 26.0. The van der Waals surface area contributed by atoms with Crippen molar-refractivity contribution >= 4 is 33.0 Å². The highest BCUT2D eigenvalue weighted by Crippen LogP contribution is 2.30. The minimum Gasteiger partial charge on any atom is -0.399 e. The van der Waals surface area contributed by atoms with Crippen LogP contribution in [0.2, 0.25) is 0 Å². The van der Waals surface area contributed by atoms with Crippen molar-refractivity contribution in [3.05, 3.63) is 72.3 Å². The lowest BCUT2D eigenvalue weighted by Gasteiger charge is -2.28. The van der Waals surface area contributed by atoms with Gasteiger partial charge in [0.05, 0.1) is 40.6 Å². The Hall–Kier alpha value is -4.47. The summed E-state index contributed by atoms with van der Waals surface area (Å²) in [5, 5.41) is 20.6. The van der Waals surface area contributed by atoms with Gasteiger partial charge in [0.15, 0.2) is 5.82 Å². The Balaban J connectivity index is 1.26. The predicted molar refractivity (Wildman–Crippen MR) is 157 cm³/mol. The number of pyridine rings is 1. The summed E-state index contributed by atoms with van der Waals surface area (Å²) in [6, 6.07) is 11.1. The van der Waals surface area contributed by atoms with Gasteiger partial charge in [0, 0.05) is 35.8 Å². The molecule has 0 spiro atoms. The molecule has 5 N–H and O–H groups in total. The predicted octanol–water partition coefficient (Wildman–Crippen LogP) is 3.52. The van der Waals surface area contributed by atoms with Crippen LogP contribution in [0.1, 0.15) is 49.7 Å². The lowest BCUT2D eigenvalue weighted by molar-refractivity contribution is 0.124. The van der Waals surface area contributed by atoms with Crippen molar-refractivity contribution in [1.29, 1.82) is 0 Å². The molecule has 3 heterocycles. The molecule has 4 aromatic rings. The molecule has 0 saturated heterocycles. The minimum absolute atomic E-state index is 0.107. The first-order valence-corrected chi connectivity index (χ1v) is 15.1. The summed E-state index contributed by atoms with van der Waals surface area (Å²) in [4.78, 5) is 13.4. The smallest absolute Gasteiger partial charge is 0.256 e. The summed E-state index contributed by atoms with van der Waals surface area (Å²) in [6.45, 7) is 0. The molecular weight excluding hydrogens is 540 g/mol. The SMILES string of the molecule is Nc1cccc(C#Cc2cnc(Nc3ccnc(-c4cnn(S(=O)(=O)C5CC5)c4)n3)cc2N[C@@H]2CCC[C@H](O)C2)c1. The highest BCUT2D eigenvalue weighted by molar-refractivity contribution is 7.90. The fraction of sp³-hybridized carbons (Fsp3) is 0.310. The highest BCUT2D eigenvalue weighted by atomic mass is 32.2. The van der Waals surface area contributed by atoms with Crippen molar-refractivity contribution in [3.8, 4) is 23.2 Å². The van der Waals surface area contributed by atoms with Crippen molar-refractivity contribution in [2.24, 2.45) is 0 Å². The molecule has 41 heavy (non-hydrogen) atoms. The van der Waals surface area contributed by atoms with Gasteiger partial charge in [-0.15, -0.1) is 0 Å². The van der Waals surface area contributed by atoms with Gasteiger partial charge < -0.3 is 21.5 Å². The van der Waals surface area contributed by atoms with E-state index >= 15 is 0 Å². The molecule has 0 unspecified atom stereocenters. The van der Waals surface area contributed by atoms with Gasteiger partial charge in [-0.25, -0.2) is 23.4 Å². The van der Waals surface area contributed by atoms with Gasteiger partial charge in [-0.3, -0.25) is 0 Å². The standard InChI is InChI=1S/C29H30N8O3S/c30-22-4-1-3-19(13-22)7-8-20-16-32-28(15-26(20)34-23-5-2-6-24(38)14-23)35-27-11-12-31-29(36-27)21-17-33-37(18-21)41(39,40)25-9-10-25/h1,3-4,11-13,15-18,23-25,38H,2,5-6,9-10,14,30H2,(H2,31,32,34,35,36)/t23-,24+/m1/s1. The average Bonchev–Trinajstić information content (AvgIpc) is 3.70. The first kappa shape index (κ1) is 26.7. The Kier molecular flexibility index (Phi) is 7.30. The summed E-state index contributed by atoms with van der Waals surface area (Å²) in [5.41, 5.74) is 9.35. The van der Waals surface area contributed by atoms with E-state index in [-0.39, 0.29) is 17.4 Å². The third kappa shape index (κ3) is 6.32. The monoisotopic (exact) mass is 570 g/mol. The number of nitrogens with zero attached hydrogens (tertiary/aromatic N) is 5. The Bertz CT molecular complexity index is 1740. The van der Waals surface area contributed by atoms with Gasteiger partial charge in [-0.05, 0) is 62.8 Å². The molecule has 2 aliphatic rings. The van der Waals surface area contributed by atoms with Gasteiger partial charge in [0.2, 0.25) is 0 Å². The van der Waals surface area contributed by atoms with Gasteiger partial charge in [0.25, 0.3) is 10.0 Å². The summed E-state index contributed by atoms with van der Waals surface area (Å²) in [7, 11) is -3.48. The Morgan fingerprint density at radius 2 is 1.90 bits per heavy atom. The van der Waals surface area contributed by atoms with Crippen LogP contribution in [0.5, 0.6) is 0 Å². The number of nitrogen functional groups attached to an aromatic ring is 1. The number of aromatic nitrogens is 5. The third-order valence-corrected chi connectivity index (χ3v) is 9.11. The van der Waals surface area contributed by atoms with E-state index in [9.17, 15) is 13.5 Å². The topological polar surface area (TPSA) is 161 Å². The quantitative estimate of drug-likeness (QED) is 0.191. The summed E-state index contributed by atoms with van der Waals surface area (Å²) in [6.07, 6.45) is 10.5. The third-order valence-electron chi connectivity index (χ3n) is 7.07. The Labute approximate surface area is 238 Å². The molecule has 0 amide bonds. The molecule has 2 atom stereocenters. The number of rotatable bonds is 7. The molecule has 0 aliphatic heterocycles. The van der Waals surface area contributed by atoms with E-state index in [0.717, 1.165) is 34.6 Å². The van der Waals surface area contributed by atoms with Crippen LogP contribution in [-0.4, -0.2) is 55.1 Å². The van der Waals surface area contributed by atoms with E-state index in [1.807, 2.05) is 30.3 Å². The second-order valence-corrected chi connectivity index (χ2v) is 12.5. The van der Waals surface area contributed by atoms with Crippen LogP contribution in [0.15, 0.2) is 61.2 Å². The van der Waals surface area contributed by atoms with Crippen LogP contribution in [-0.2, 0) is 10.0 Å². The minimum atomic E-state index is -3.48. The van der Waals surface area contributed by atoms with E-state index in [2.05, 4.69) is 42.5 Å². The lowest BCUT2D eigenvalue weighted by atomic mass is 9.92. The molecule has 0 radical (unpaired) electrons. The molecular formula is C29H30N8O3S. The Morgan fingerprint density at radius 3 is 2.71 bits per heavy atom. The number of aliphatic hydroxyl groups excluding tert-OH is 1. The zero-order valence-electron chi connectivity index (χ0n) is 22.2. The van der Waals surface area contributed by atoms with Gasteiger partial charge in [-0.1, -0.05) is 17.9 Å². The molecule has 0 bridgehead atoms. The summed E-state index contributed by atoms with van der Waals surface area (Å²) >= 11 is 0. The zero-order chi connectivity index (χ0) is 28.4. The number of nitrogens with one attached hydrogen (secondary N) is 2. The number of nitrogens with two attached hydrogens (primary N) is 1. The number of aliphatic hydroxyl groups is 1. The number of anilines is 4. The molecule has 6 rings (SSSR count). The fourth-order valence-electron chi connectivity index (χ4n) is 4.79. The van der Waals surface area contributed by atoms with Crippen LogP contribution in [0, 0.1) is 11.8 Å². The maximum Gasteiger partial charge on any atom is 0.256 e. The molecule has 1 aromatic carbocycles. The maximum atomic E-state index is 12.5. The van der Waals surface area contributed by atoms with E-state index < -0.39 is 10.0 Å². The van der Waals surface area contributed by atoms with Crippen molar-refractivity contribution < 1.29 is 13.5 Å². The van der Waals surface area contributed by atoms with Crippen LogP contribution < -0.4 is 16.4 Å². The molecule has 2 fully saturated rings. The van der Waals surface area contributed by atoms with Crippen molar-refractivity contribution in [1.82, 2.24) is 24.1 Å². The van der Waals surface area contributed by atoms with E-state index in [0.29, 0.717) is 53.5 Å². The molecule has 3 aromatic heterocycles. The first-order valence-electron chi connectivity index (χ1n) is 13.6. The van der Waals surface area contributed by atoms with Crippen molar-refractivity contribution in [2.45, 2.75) is 55.9 Å². The van der Waals surface area contributed by atoms with E-state index in [1.165, 1.54) is 12.4 Å². The zero-order valence-corrected chi connectivity index (χ0v) is 23.1. The van der Waals surface area contributed by atoms with Gasteiger partial charge in [0.1, 0.15) is 11.6 Å². The molecule has 12 heteroatoms. The lowest BCUT2D eigenvalue weighted by Crippen LogP contribution is -2.30. The van der Waals surface area contributed by atoms with E-state index in [4.69, 9.17) is 5.73 Å². The maximum absolute atomic E-state index is 12.5. The van der Waals surface area contributed by atoms with Crippen molar-refractivity contribution in [3.63, 3.8) is 0 Å². The molecule has 11 nitrogen and oxygen atoms in total. The largest absolute Gasteiger partial charge is 0.399 e.